The van der Waals surface area contributed by atoms with E-state index in [1.54, 1.807) is 22.7 Å². The average molecular weight is 496 g/mol. The van der Waals surface area contributed by atoms with Gasteiger partial charge in [-0.05, 0) is 45.1 Å². The number of amides is 1. The van der Waals surface area contributed by atoms with E-state index in [0.29, 0.717) is 28.7 Å². The third kappa shape index (κ3) is 9.27. The maximum absolute atomic E-state index is 12.1. The van der Waals surface area contributed by atoms with Crippen LogP contribution >= 0.6 is 35.7 Å². The number of rotatable bonds is 9. The number of hydrogen-bond donors (Lipinski definition) is 1. The summed E-state index contributed by atoms with van der Waals surface area (Å²) in [4.78, 5) is 18.7. The fourth-order valence-electron chi connectivity index (χ4n) is 2.88. The van der Waals surface area contributed by atoms with Crippen molar-refractivity contribution >= 4 is 56.1 Å². The Morgan fingerprint density at radius 3 is 2.27 bits per heavy atom. The predicted molar refractivity (Wildman–Crippen MR) is 132 cm³/mol. The number of allylic oxidation sites excluding steroid dienone is 2. The first-order valence-corrected chi connectivity index (χ1v) is 14.0. The molecule has 7 nitrogen and oxygen atoms in total. The molecule has 0 aromatic rings. The Kier molecular flexibility index (Phi) is 12.6. The molecule has 2 heterocycles. The maximum Gasteiger partial charge on any atom is 0.266 e. The molecule has 2 rings (SSSR count). The van der Waals surface area contributed by atoms with Crippen molar-refractivity contribution in [3.8, 4) is 0 Å². The van der Waals surface area contributed by atoms with E-state index in [1.165, 1.54) is 31.4 Å². The third-order valence-electron chi connectivity index (χ3n) is 4.66. The molecule has 11 heteroatoms. The summed E-state index contributed by atoms with van der Waals surface area (Å²) in [6.45, 7) is 14.0. The van der Waals surface area contributed by atoms with Crippen LogP contribution in [0.2, 0.25) is 0 Å². The SMILES string of the molecule is CCN(CC)CC.CCN1C(=O)/C(=C/C=C2/SCCN2CCCS(=O)(=O)O)SC1=S. The number of thioether (sulfide) groups is 2. The van der Waals surface area contributed by atoms with Gasteiger partial charge in [0.2, 0.25) is 0 Å². The first kappa shape index (κ1) is 27.4. The van der Waals surface area contributed by atoms with Crippen LogP contribution in [-0.2, 0) is 14.9 Å². The van der Waals surface area contributed by atoms with Crippen molar-refractivity contribution in [2.24, 2.45) is 0 Å². The molecule has 0 unspecified atom stereocenters. The Balaban J connectivity index is 0.000000553. The van der Waals surface area contributed by atoms with Crippen molar-refractivity contribution in [2.75, 3.05) is 50.8 Å². The zero-order valence-corrected chi connectivity index (χ0v) is 21.4. The van der Waals surface area contributed by atoms with Crippen LogP contribution in [0.1, 0.15) is 34.1 Å². The molecule has 2 aliphatic heterocycles. The van der Waals surface area contributed by atoms with Gasteiger partial charge in [0.05, 0.1) is 15.7 Å². The highest BCUT2D eigenvalue weighted by atomic mass is 32.2. The topological polar surface area (TPSA) is 81.2 Å². The molecule has 1 amide bonds. The smallest absolute Gasteiger partial charge is 0.266 e. The van der Waals surface area contributed by atoms with Crippen molar-refractivity contribution in [3.05, 3.63) is 22.1 Å². The third-order valence-corrected chi connectivity index (χ3v) is 7.94. The van der Waals surface area contributed by atoms with Crippen LogP contribution in [0.25, 0.3) is 0 Å². The normalized spacial score (nSPS) is 19.9. The van der Waals surface area contributed by atoms with Crippen molar-refractivity contribution in [1.82, 2.24) is 14.7 Å². The van der Waals surface area contributed by atoms with Gasteiger partial charge in [0.1, 0.15) is 4.32 Å². The van der Waals surface area contributed by atoms with Gasteiger partial charge < -0.3 is 9.80 Å². The standard InChI is InChI=1S/C13H18N2O4S4.C6H15N/c1-2-15-12(16)10(22-13(15)20)4-5-11-14(7-8-21-11)6-3-9-23(17,18)19;1-4-7(5-2)6-3/h4-5H,2-3,6-9H2,1H3,(H,17,18,19);4-6H2,1-3H3/b10-4-,11-5+;. The maximum atomic E-state index is 12.1. The van der Waals surface area contributed by atoms with Gasteiger partial charge in [-0.15, -0.1) is 11.8 Å². The van der Waals surface area contributed by atoms with Gasteiger partial charge in [-0.1, -0.05) is 44.8 Å². The lowest BCUT2D eigenvalue weighted by Gasteiger charge is -2.18. The number of thiocarbonyl (C=S) groups is 1. The van der Waals surface area contributed by atoms with E-state index in [4.69, 9.17) is 16.8 Å². The van der Waals surface area contributed by atoms with Gasteiger partial charge in [-0.3, -0.25) is 14.2 Å². The van der Waals surface area contributed by atoms with Gasteiger partial charge >= 0.3 is 0 Å². The monoisotopic (exact) mass is 495 g/mol. The largest absolute Gasteiger partial charge is 0.366 e. The van der Waals surface area contributed by atoms with Gasteiger partial charge in [0, 0.05) is 25.4 Å². The zero-order valence-electron chi connectivity index (χ0n) is 18.2. The lowest BCUT2D eigenvalue weighted by molar-refractivity contribution is -0.122. The first-order chi connectivity index (χ1) is 14.2. The van der Waals surface area contributed by atoms with Gasteiger partial charge in [-0.25, -0.2) is 0 Å². The fourth-order valence-corrected chi connectivity index (χ4v) is 5.75. The Hall–Kier alpha value is -0.590. The summed E-state index contributed by atoms with van der Waals surface area (Å²) < 4.78 is 30.9. The quantitative estimate of drug-likeness (QED) is 0.294. The minimum atomic E-state index is -3.91. The van der Waals surface area contributed by atoms with E-state index in [0.717, 1.165) is 17.3 Å². The molecule has 0 saturated carbocycles. The van der Waals surface area contributed by atoms with E-state index in [2.05, 4.69) is 30.6 Å². The second kappa shape index (κ2) is 13.7. The molecule has 0 radical (unpaired) electrons. The van der Waals surface area contributed by atoms with E-state index < -0.39 is 10.1 Å². The van der Waals surface area contributed by atoms with E-state index in [-0.39, 0.29) is 11.7 Å². The van der Waals surface area contributed by atoms with E-state index in [9.17, 15) is 13.2 Å². The van der Waals surface area contributed by atoms with Gasteiger partial charge in [-0.2, -0.15) is 8.42 Å². The Bertz CT molecular complexity index is 743. The fraction of sp³-hybridized carbons (Fsp3) is 0.684. The summed E-state index contributed by atoms with van der Waals surface area (Å²) in [5, 5.41) is 1.00. The number of hydrogen-bond acceptors (Lipinski definition) is 8. The molecule has 172 valence electrons. The highest BCUT2D eigenvalue weighted by Crippen LogP contribution is 2.32. The summed E-state index contributed by atoms with van der Waals surface area (Å²) in [6, 6.07) is 0. The second-order valence-corrected chi connectivity index (χ2v) is 10.9. The molecular formula is C19H33N3O4S4. The van der Waals surface area contributed by atoms with Crippen LogP contribution in [0.5, 0.6) is 0 Å². The summed E-state index contributed by atoms with van der Waals surface area (Å²) in [5.74, 6) is 0.609. The van der Waals surface area contributed by atoms with Crippen LogP contribution in [-0.4, -0.2) is 88.7 Å². The van der Waals surface area contributed by atoms with Crippen LogP contribution < -0.4 is 0 Å². The summed E-state index contributed by atoms with van der Waals surface area (Å²) in [5.41, 5.74) is 0. The molecule has 0 bridgehead atoms. The van der Waals surface area contributed by atoms with Crippen molar-refractivity contribution in [3.63, 3.8) is 0 Å². The highest BCUT2D eigenvalue weighted by molar-refractivity contribution is 8.26. The Morgan fingerprint density at radius 2 is 1.80 bits per heavy atom. The van der Waals surface area contributed by atoms with Crippen molar-refractivity contribution < 1.29 is 17.8 Å². The molecule has 0 spiro atoms. The van der Waals surface area contributed by atoms with Crippen LogP contribution in [0.15, 0.2) is 22.1 Å². The summed E-state index contributed by atoms with van der Waals surface area (Å²) in [7, 11) is -3.91. The second-order valence-electron chi connectivity index (χ2n) is 6.55. The van der Waals surface area contributed by atoms with Crippen molar-refractivity contribution in [2.45, 2.75) is 34.1 Å². The Labute approximate surface area is 195 Å². The molecule has 0 aromatic carbocycles. The molecule has 2 fully saturated rings. The number of nitrogens with zero attached hydrogens (tertiary/aromatic N) is 3. The van der Waals surface area contributed by atoms with E-state index >= 15 is 0 Å². The van der Waals surface area contributed by atoms with Gasteiger partial charge in [0.25, 0.3) is 16.0 Å². The number of carbonyl (C=O) groups excluding carboxylic acids is 1. The van der Waals surface area contributed by atoms with E-state index in [1.807, 2.05) is 13.0 Å². The summed E-state index contributed by atoms with van der Waals surface area (Å²) >= 11 is 8.13. The molecule has 2 saturated heterocycles. The lowest BCUT2D eigenvalue weighted by atomic mass is 10.4. The zero-order chi connectivity index (χ0) is 22.7. The van der Waals surface area contributed by atoms with Crippen LogP contribution in [0.4, 0.5) is 0 Å². The minimum Gasteiger partial charge on any atom is -0.366 e. The average Bonchev–Trinajstić information content (AvgIpc) is 3.24. The number of carbonyl (C=O) groups is 1. The molecule has 30 heavy (non-hydrogen) atoms. The molecule has 1 N–H and O–H groups in total. The van der Waals surface area contributed by atoms with Crippen molar-refractivity contribution in [1.29, 1.82) is 0 Å². The molecule has 0 aliphatic carbocycles. The molecular weight excluding hydrogens is 462 g/mol. The van der Waals surface area contributed by atoms with Gasteiger partial charge in [0.15, 0.2) is 0 Å². The lowest BCUT2D eigenvalue weighted by Crippen LogP contribution is -2.27. The Morgan fingerprint density at radius 1 is 1.17 bits per heavy atom. The van der Waals surface area contributed by atoms with Crippen LogP contribution in [0.3, 0.4) is 0 Å². The highest BCUT2D eigenvalue weighted by Gasteiger charge is 2.30. The minimum absolute atomic E-state index is 0.0692. The first-order valence-electron chi connectivity index (χ1n) is 10.2. The summed E-state index contributed by atoms with van der Waals surface area (Å²) in [6.07, 6.45) is 4.03. The number of likely N-dealkylation sites (N-methyl/N-ethyl adjacent to an activating group) is 1. The van der Waals surface area contributed by atoms with Crippen LogP contribution in [0, 0.1) is 0 Å². The molecule has 0 aromatic heterocycles. The predicted octanol–water partition coefficient (Wildman–Crippen LogP) is 3.27. The molecule has 2 aliphatic rings. The molecule has 0 atom stereocenters.